The monoisotopic (exact) mass is 263 g/mol. The molecule has 0 saturated heterocycles. The van der Waals surface area contributed by atoms with Gasteiger partial charge in [-0.15, -0.1) is 0 Å². The maximum absolute atomic E-state index is 12.2. The van der Waals surface area contributed by atoms with Crippen molar-refractivity contribution in [3.8, 4) is 0 Å². The summed E-state index contributed by atoms with van der Waals surface area (Å²) >= 11 is 0. The molecule has 1 N–H and O–H groups in total. The minimum atomic E-state index is -0.292. The lowest BCUT2D eigenvalue weighted by Gasteiger charge is -2.22. The number of aryl methyl sites for hydroxylation is 1. The number of hydrogen-bond donors (Lipinski definition) is 1. The summed E-state index contributed by atoms with van der Waals surface area (Å²) in [5.74, 6) is 1.26. The van der Waals surface area contributed by atoms with Crippen molar-refractivity contribution >= 4 is 5.82 Å². The molecule has 7 nitrogen and oxygen atoms in total. The van der Waals surface area contributed by atoms with Crippen LogP contribution in [0.2, 0.25) is 0 Å². The van der Waals surface area contributed by atoms with E-state index in [1.807, 2.05) is 20.8 Å². The van der Waals surface area contributed by atoms with E-state index >= 15 is 0 Å². The van der Waals surface area contributed by atoms with Crippen LogP contribution in [0.1, 0.15) is 32.5 Å². The third kappa shape index (κ3) is 2.98. The van der Waals surface area contributed by atoms with Crippen LogP contribution in [-0.2, 0) is 12.1 Å². The molecule has 2 aromatic heterocycles. The Morgan fingerprint density at radius 1 is 1.42 bits per heavy atom. The van der Waals surface area contributed by atoms with Crippen LogP contribution in [-0.4, -0.2) is 19.7 Å². The smallest absolute Gasteiger partial charge is 0.293 e. The molecule has 0 spiro atoms. The number of nitrogens with one attached hydrogen (secondary N) is 1. The Kier molecular flexibility index (Phi) is 3.37. The molecule has 102 valence electrons. The Labute approximate surface area is 110 Å². The first kappa shape index (κ1) is 13.3. The molecule has 7 heteroatoms. The number of aromatic nitrogens is 4. The average molecular weight is 263 g/mol. The van der Waals surface area contributed by atoms with E-state index < -0.39 is 0 Å². The Morgan fingerprint density at radius 2 is 2.16 bits per heavy atom. The fourth-order valence-corrected chi connectivity index (χ4v) is 1.64. The fourth-order valence-electron chi connectivity index (χ4n) is 1.64. The van der Waals surface area contributed by atoms with Crippen molar-refractivity contribution in [2.75, 3.05) is 5.32 Å². The minimum absolute atomic E-state index is 0.171. The molecule has 0 amide bonds. The van der Waals surface area contributed by atoms with E-state index in [0.29, 0.717) is 18.3 Å². The van der Waals surface area contributed by atoms with Crippen LogP contribution in [0.25, 0.3) is 0 Å². The van der Waals surface area contributed by atoms with E-state index in [1.165, 1.54) is 0 Å². The molecule has 0 aliphatic heterocycles. The van der Waals surface area contributed by atoms with Crippen LogP contribution in [0.5, 0.6) is 0 Å². The predicted molar refractivity (Wildman–Crippen MR) is 69.9 cm³/mol. The summed E-state index contributed by atoms with van der Waals surface area (Å²) < 4.78 is 6.49. The largest absolute Gasteiger partial charge is 0.358 e. The molecule has 0 unspecified atom stereocenters. The van der Waals surface area contributed by atoms with Gasteiger partial charge in [-0.05, 0) is 20.8 Å². The minimum Gasteiger partial charge on any atom is -0.358 e. The van der Waals surface area contributed by atoms with Crippen LogP contribution < -0.4 is 10.9 Å². The second-order valence-corrected chi connectivity index (χ2v) is 5.21. The van der Waals surface area contributed by atoms with Crippen LogP contribution in [0.4, 0.5) is 5.82 Å². The molecule has 0 radical (unpaired) electrons. The first-order chi connectivity index (χ1) is 8.88. The van der Waals surface area contributed by atoms with Gasteiger partial charge in [0.15, 0.2) is 11.6 Å². The summed E-state index contributed by atoms with van der Waals surface area (Å²) in [5.41, 5.74) is -0.464. The van der Waals surface area contributed by atoms with Crippen molar-refractivity contribution in [2.45, 2.75) is 39.8 Å². The summed E-state index contributed by atoms with van der Waals surface area (Å²) in [5, 5.41) is 6.67. The van der Waals surface area contributed by atoms with Gasteiger partial charge < -0.3 is 14.4 Å². The van der Waals surface area contributed by atoms with Crippen molar-refractivity contribution in [3.05, 3.63) is 34.5 Å². The quantitative estimate of drug-likeness (QED) is 0.898. The Hall–Kier alpha value is -2.18. The first-order valence-corrected chi connectivity index (χ1v) is 5.99. The van der Waals surface area contributed by atoms with Crippen molar-refractivity contribution in [1.29, 1.82) is 0 Å². The zero-order valence-electron chi connectivity index (χ0n) is 11.5. The first-order valence-electron chi connectivity index (χ1n) is 5.99. The third-order valence-electron chi connectivity index (χ3n) is 2.55. The van der Waals surface area contributed by atoms with Gasteiger partial charge in [0.2, 0.25) is 5.89 Å². The molecule has 0 aliphatic carbocycles. The predicted octanol–water partition coefficient (Wildman–Crippen LogP) is 1.30. The lowest BCUT2D eigenvalue weighted by molar-refractivity contribution is 0.382. The summed E-state index contributed by atoms with van der Waals surface area (Å²) in [6.07, 6.45) is 3.27. The van der Waals surface area contributed by atoms with Crippen LogP contribution in [0.15, 0.2) is 21.7 Å². The van der Waals surface area contributed by atoms with Gasteiger partial charge in [-0.2, -0.15) is 4.98 Å². The molecule has 19 heavy (non-hydrogen) atoms. The van der Waals surface area contributed by atoms with E-state index in [1.54, 1.807) is 23.9 Å². The highest BCUT2D eigenvalue weighted by Crippen LogP contribution is 2.10. The maximum Gasteiger partial charge on any atom is 0.293 e. The van der Waals surface area contributed by atoms with Gasteiger partial charge in [0.25, 0.3) is 5.56 Å². The Bertz CT molecular complexity index is 624. The molecule has 2 heterocycles. The molecule has 0 atom stereocenters. The molecule has 0 aliphatic rings. The molecular weight excluding hydrogens is 246 g/mol. The average Bonchev–Trinajstić information content (AvgIpc) is 2.72. The van der Waals surface area contributed by atoms with Crippen LogP contribution in [0.3, 0.4) is 0 Å². The number of hydrogen-bond acceptors (Lipinski definition) is 6. The molecule has 2 rings (SSSR count). The van der Waals surface area contributed by atoms with Gasteiger partial charge in [-0.1, -0.05) is 5.16 Å². The Balaban J connectivity index is 2.20. The van der Waals surface area contributed by atoms with E-state index in [2.05, 4.69) is 20.4 Å². The Morgan fingerprint density at radius 3 is 2.74 bits per heavy atom. The van der Waals surface area contributed by atoms with Gasteiger partial charge in [0.1, 0.15) is 0 Å². The third-order valence-corrected chi connectivity index (χ3v) is 2.55. The number of nitrogens with zero attached hydrogens (tertiary/aromatic N) is 4. The van der Waals surface area contributed by atoms with Crippen molar-refractivity contribution in [3.63, 3.8) is 0 Å². The van der Waals surface area contributed by atoms with Crippen molar-refractivity contribution < 1.29 is 4.52 Å². The van der Waals surface area contributed by atoms with E-state index in [-0.39, 0.29) is 16.9 Å². The lowest BCUT2D eigenvalue weighted by Crippen LogP contribution is -2.35. The second-order valence-electron chi connectivity index (χ2n) is 5.21. The number of rotatable bonds is 3. The highest BCUT2D eigenvalue weighted by atomic mass is 16.5. The van der Waals surface area contributed by atoms with Gasteiger partial charge in [0.05, 0.1) is 6.54 Å². The fraction of sp³-hybridized carbons (Fsp3) is 0.500. The molecular formula is C12H17N5O2. The topological polar surface area (TPSA) is 85.8 Å². The molecule has 0 saturated carbocycles. The van der Waals surface area contributed by atoms with Gasteiger partial charge in [0, 0.05) is 24.9 Å². The molecule has 2 aromatic rings. The lowest BCUT2D eigenvalue weighted by atomic mass is 10.1. The van der Waals surface area contributed by atoms with Crippen LogP contribution >= 0.6 is 0 Å². The maximum atomic E-state index is 12.2. The standard InChI is InChI=1S/C12H17N5O2/c1-8-15-9(16-19-8)7-14-10-11(18)17(6-5-13-10)12(2,3)4/h5-6H,7H2,1-4H3,(H,13,14). The SMILES string of the molecule is Cc1nc(CNc2nccn(C(C)(C)C)c2=O)no1. The van der Waals surface area contributed by atoms with Gasteiger partial charge >= 0.3 is 0 Å². The number of anilines is 1. The van der Waals surface area contributed by atoms with Crippen molar-refractivity contribution in [1.82, 2.24) is 19.7 Å². The van der Waals surface area contributed by atoms with E-state index in [0.717, 1.165) is 0 Å². The molecule has 0 fully saturated rings. The van der Waals surface area contributed by atoms with Gasteiger partial charge in [-0.25, -0.2) is 4.98 Å². The van der Waals surface area contributed by atoms with Gasteiger partial charge in [-0.3, -0.25) is 4.79 Å². The van der Waals surface area contributed by atoms with Crippen LogP contribution in [0, 0.1) is 6.92 Å². The summed E-state index contributed by atoms with van der Waals surface area (Å²) in [6, 6.07) is 0. The van der Waals surface area contributed by atoms with E-state index in [4.69, 9.17) is 4.52 Å². The van der Waals surface area contributed by atoms with Crippen molar-refractivity contribution in [2.24, 2.45) is 0 Å². The zero-order chi connectivity index (χ0) is 14.0. The summed E-state index contributed by atoms with van der Waals surface area (Å²) in [6.45, 7) is 7.89. The summed E-state index contributed by atoms with van der Waals surface area (Å²) in [4.78, 5) is 20.3. The highest BCUT2D eigenvalue weighted by Gasteiger charge is 2.16. The second kappa shape index (κ2) is 4.83. The summed E-state index contributed by atoms with van der Waals surface area (Å²) in [7, 11) is 0. The molecule has 0 aromatic carbocycles. The highest BCUT2D eigenvalue weighted by molar-refractivity contribution is 5.31. The molecule has 0 bridgehead atoms. The zero-order valence-corrected chi connectivity index (χ0v) is 11.5. The normalized spacial score (nSPS) is 11.6. The van der Waals surface area contributed by atoms with E-state index in [9.17, 15) is 4.79 Å².